The van der Waals surface area contributed by atoms with Crippen LogP contribution in [0.1, 0.15) is 12.8 Å². The monoisotopic (exact) mass is 222 g/mol. The lowest BCUT2D eigenvalue weighted by atomic mass is 10.4. The van der Waals surface area contributed by atoms with Crippen molar-refractivity contribution < 1.29 is 4.74 Å². The average molecular weight is 222 g/mol. The third-order valence-electron chi connectivity index (χ3n) is 2.80. The van der Waals surface area contributed by atoms with Crippen LogP contribution in [0.2, 0.25) is 0 Å². The van der Waals surface area contributed by atoms with E-state index in [2.05, 4.69) is 16.9 Å². The molecule has 4 N–H and O–H groups in total. The van der Waals surface area contributed by atoms with Crippen LogP contribution in [0.25, 0.3) is 0 Å². The van der Waals surface area contributed by atoms with Gasteiger partial charge in [0.15, 0.2) is 5.82 Å². The average Bonchev–Trinajstić information content (AvgIpc) is 3.07. The second-order valence-electron chi connectivity index (χ2n) is 4.18. The summed E-state index contributed by atoms with van der Waals surface area (Å²) >= 11 is 0. The van der Waals surface area contributed by atoms with Crippen LogP contribution in [0, 0.1) is 0 Å². The molecule has 1 aliphatic rings. The van der Waals surface area contributed by atoms with E-state index in [4.69, 9.17) is 16.2 Å². The Morgan fingerprint density at radius 2 is 2.19 bits per heavy atom. The number of rotatable bonds is 5. The number of aromatic nitrogens is 1. The van der Waals surface area contributed by atoms with Crippen LogP contribution in [0.5, 0.6) is 5.88 Å². The third-order valence-corrected chi connectivity index (χ3v) is 2.80. The van der Waals surface area contributed by atoms with Crippen LogP contribution < -0.4 is 16.2 Å². The number of hydrogen-bond donors (Lipinski definition) is 2. The summed E-state index contributed by atoms with van der Waals surface area (Å²) in [5.74, 6) is 0.865. The number of nitrogens with two attached hydrogens (primary N) is 2. The van der Waals surface area contributed by atoms with Gasteiger partial charge in [-0.3, -0.25) is 0 Å². The van der Waals surface area contributed by atoms with E-state index in [1.807, 2.05) is 0 Å². The summed E-state index contributed by atoms with van der Waals surface area (Å²) in [5.41, 5.74) is 11.6. The summed E-state index contributed by atoms with van der Waals surface area (Å²) in [5, 5.41) is 0. The van der Waals surface area contributed by atoms with Crippen LogP contribution in [0.4, 0.5) is 11.5 Å². The molecule has 1 aliphatic carbocycles. The van der Waals surface area contributed by atoms with Crippen molar-refractivity contribution in [2.24, 2.45) is 0 Å². The van der Waals surface area contributed by atoms with Crippen molar-refractivity contribution in [2.45, 2.75) is 18.9 Å². The molecule has 88 valence electrons. The molecule has 0 radical (unpaired) electrons. The fourth-order valence-corrected chi connectivity index (χ4v) is 1.54. The Morgan fingerprint density at radius 3 is 2.81 bits per heavy atom. The second kappa shape index (κ2) is 4.57. The van der Waals surface area contributed by atoms with Crippen molar-refractivity contribution in [3.63, 3.8) is 0 Å². The van der Waals surface area contributed by atoms with E-state index >= 15 is 0 Å². The van der Waals surface area contributed by atoms with E-state index in [1.165, 1.54) is 12.8 Å². The van der Waals surface area contributed by atoms with E-state index < -0.39 is 0 Å². The van der Waals surface area contributed by atoms with E-state index in [9.17, 15) is 0 Å². The fraction of sp³-hybridized carbons (Fsp3) is 0.545. The normalized spacial score (nSPS) is 15.4. The zero-order valence-electron chi connectivity index (χ0n) is 9.52. The quantitative estimate of drug-likeness (QED) is 0.767. The van der Waals surface area contributed by atoms with E-state index in [-0.39, 0.29) is 0 Å². The van der Waals surface area contributed by atoms with Gasteiger partial charge < -0.3 is 21.1 Å². The molecule has 0 aromatic carbocycles. The molecule has 0 bridgehead atoms. The molecular formula is C11H18N4O. The highest BCUT2D eigenvalue weighted by Crippen LogP contribution is 2.24. The fourth-order valence-electron chi connectivity index (χ4n) is 1.54. The van der Waals surface area contributed by atoms with Crippen LogP contribution >= 0.6 is 0 Å². The van der Waals surface area contributed by atoms with E-state index in [0.717, 1.165) is 12.6 Å². The Hall–Kier alpha value is -1.49. The highest BCUT2D eigenvalue weighted by atomic mass is 16.5. The minimum atomic E-state index is 0.327. The highest BCUT2D eigenvalue weighted by molar-refractivity contribution is 5.58. The van der Waals surface area contributed by atoms with Crippen LogP contribution in [-0.2, 0) is 0 Å². The number of hydrogen-bond acceptors (Lipinski definition) is 5. The molecule has 5 nitrogen and oxygen atoms in total. The smallest absolute Gasteiger partial charge is 0.215 e. The first kappa shape index (κ1) is 11.0. The molecule has 0 atom stereocenters. The Bertz CT molecular complexity index is 365. The molecule has 1 aromatic rings. The summed E-state index contributed by atoms with van der Waals surface area (Å²) < 4.78 is 5.50. The molecule has 0 saturated heterocycles. The van der Waals surface area contributed by atoms with Gasteiger partial charge in [-0.05, 0) is 26.0 Å². The highest BCUT2D eigenvalue weighted by Gasteiger charge is 2.25. The van der Waals surface area contributed by atoms with Gasteiger partial charge in [-0.1, -0.05) is 0 Å². The predicted molar refractivity (Wildman–Crippen MR) is 64.2 cm³/mol. The number of nitrogens with zero attached hydrogens (tertiary/aromatic N) is 2. The third kappa shape index (κ3) is 2.76. The summed E-state index contributed by atoms with van der Waals surface area (Å²) in [7, 11) is 2.12. The number of nitrogen functional groups attached to an aromatic ring is 2. The molecule has 0 aliphatic heterocycles. The number of likely N-dealkylation sites (N-methyl/N-ethyl adjacent to an activating group) is 1. The molecule has 1 heterocycles. The van der Waals surface area contributed by atoms with Gasteiger partial charge in [0.25, 0.3) is 0 Å². The largest absolute Gasteiger partial charge is 0.476 e. The minimum absolute atomic E-state index is 0.327. The van der Waals surface area contributed by atoms with Crippen molar-refractivity contribution in [1.82, 2.24) is 9.88 Å². The van der Waals surface area contributed by atoms with E-state index in [1.54, 1.807) is 12.1 Å². The first-order valence-corrected chi connectivity index (χ1v) is 5.52. The van der Waals surface area contributed by atoms with E-state index in [0.29, 0.717) is 24.0 Å². The molecule has 1 aromatic heterocycles. The van der Waals surface area contributed by atoms with Crippen molar-refractivity contribution in [3.05, 3.63) is 12.1 Å². The Morgan fingerprint density at radius 1 is 1.44 bits per heavy atom. The van der Waals surface area contributed by atoms with Gasteiger partial charge in [-0.2, -0.15) is 4.98 Å². The Balaban J connectivity index is 1.78. The zero-order chi connectivity index (χ0) is 11.5. The molecule has 1 saturated carbocycles. The summed E-state index contributed by atoms with van der Waals surface area (Å²) in [6.07, 6.45) is 2.62. The zero-order valence-corrected chi connectivity index (χ0v) is 9.52. The van der Waals surface area contributed by atoms with Crippen molar-refractivity contribution in [2.75, 3.05) is 31.7 Å². The van der Waals surface area contributed by atoms with Crippen molar-refractivity contribution in [1.29, 1.82) is 0 Å². The lowest BCUT2D eigenvalue weighted by Crippen LogP contribution is -2.26. The summed E-state index contributed by atoms with van der Waals surface area (Å²) in [4.78, 5) is 6.35. The maximum absolute atomic E-state index is 5.58. The second-order valence-corrected chi connectivity index (χ2v) is 4.18. The van der Waals surface area contributed by atoms with Gasteiger partial charge in [0, 0.05) is 18.7 Å². The molecule has 0 unspecified atom stereocenters. The standard InChI is InChI=1S/C11H18N4O/c1-15(8-2-3-8)6-7-16-10-5-4-9(12)11(13)14-10/h4-5,8H,2-3,6-7,12H2,1H3,(H2,13,14). The molecular weight excluding hydrogens is 204 g/mol. The maximum atomic E-state index is 5.58. The van der Waals surface area contributed by atoms with Gasteiger partial charge in [0.05, 0.1) is 5.69 Å². The van der Waals surface area contributed by atoms with Crippen molar-refractivity contribution >= 4 is 11.5 Å². The number of anilines is 2. The van der Waals surface area contributed by atoms with Crippen LogP contribution in [0.3, 0.4) is 0 Å². The Labute approximate surface area is 95.4 Å². The summed E-state index contributed by atoms with van der Waals surface area (Å²) in [6, 6.07) is 4.21. The van der Waals surface area contributed by atoms with Crippen LogP contribution in [0.15, 0.2) is 12.1 Å². The maximum Gasteiger partial charge on any atom is 0.215 e. The predicted octanol–water partition coefficient (Wildman–Crippen LogP) is 0.719. The first-order valence-electron chi connectivity index (χ1n) is 5.52. The molecule has 1 fully saturated rings. The van der Waals surface area contributed by atoms with Gasteiger partial charge >= 0.3 is 0 Å². The van der Waals surface area contributed by atoms with Crippen LogP contribution in [-0.4, -0.2) is 36.1 Å². The van der Waals surface area contributed by atoms with Gasteiger partial charge in [-0.25, -0.2) is 0 Å². The van der Waals surface area contributed by atoms with Gasteiger partial charge in [0.2, 0.25) is 5.88 Å². The lowest BCUT2D eigenvalue weighted by Gasteiger charge is -2.15. The Kier molecular flexibility index (Phi) is 3.14. The number of pyridine rings is 1. The number of ether oxygens (including phenoxy) is 1. The lowest BCUT2D eigenvalue weighted by molar-refractivity contribution is 0.226. The SMILES string of the molecule is CN(CCOc1ccc(N)c(N)n1)C1CC1. The molecule has 0 amide bonds. The van der Waals surface area contributed by atoms with Gasteiger partial charge in [0.1, 0.15) is 6.61 Å². The molecule has 0 spiro atoms. The summed E-state index contributed by atoms with van der Waals surface area (Å²) in [6.45, 7) is 1.54. The minimum Gasteiger partial charge on any atom is -0.476 e. The molecule has 5 heteroatoms. The van der Waals surface area contributed by atoms with Crippen molar-refractivity contribution in [3.8, 4) is 5.88 Å². The molecule has 16 heavy (non-hydrogen) atoms. The molecule has 2 rings (SSSR count). The first-order chi connectivity index (χ1) is 7.66. The topological polar surface area (TPSA) is 77.4 Å². The van der Waals surface area contributed by atoms with Gasteiger partial charge in [-0.15, -0.1) is 0 Å².